The van der Waals surface area contributed by atoms with Gasteiger partial charge in [0.2, 0.25) is 0 Å². The Balaban J connectivity index is 2.74. The minimum absolute atomic E-state index is 0.138. The van der Waals surface area contributed by atoms with Crippen molar-refractivity contribution in [2.45, 2.75) is 46.6 Å². The number of hydrogen-bond donors (Lipinski definition) is 1. The molecule has 2 heteroatoms. The van der Waals surface area contributed by atoms with Crippen molar-refractivity contribution in [1.29, 1.82) is 0 Å². The van der Waals surface area contributed by atoms with Crippen molar-refractivity contribution in [3.8, 4) is 0 Å². The summed E-state index contributed by atoms with van der Waals surface area (Å²) in [7, 11) is 0. The topological polar surface area (TPSA) is 12.0 Å². The Morgan fingerprint density at radius 3 is 2.41 bits per heavy atom. The zero-order chi connectivity index (χ0) is 13.0. The molecule has 2 unspecified atom stereocenters. The Bertz CT molecular complexity index is 360. The highest BCUT2D eigenvalue weighted by Gasteiger charge is 2.16. The Labute approximate surface area is 104 Å². The van der Waals surface area contributed by atoms with E-state index in [1.165, 1.54) is 11.6 Å². The molecule has 0 bridgehead atoms. The molecule has 1 nitrogen and oxygen atoms in total. The van der Waals surface area contributed by atoms with Crippen molar-refractivity contribution in [1.82, 2.24) is 5.32 Å². The second-order valence-corrected chi connectivity index (χ2v) is 5.33. The normalized spacial score (nSPS) is 15.0. The first kappa shape index (κ1) is 14.2. The molecule has 0 spiro atoms. The maximum absolute atomic E-state index is 13.3. The molecule has 0 saturated heterocycles. The third-order valence-electron chi connectivity index (χ3n) is 3.43. The van der Waals surface area contributed by atoms with E-state index in [9.17, 15) is 4.39 Å². The van der Waals surface area contributed by atoms with Gasteiger partial charge in [-0.2, -0.15) is 0 Å². The van der Waals surface area contributed by atoms with Gasteiger partial charge in [-0.3, -0.25) is 0 Å². The fourth-order valence-corrected chi connectivity index (χ4v) is 2.01. The fraction of sp³-hybridized carbons (Fsp3) is 0.600. The summed E-state index contributed by atoms with van der Waals surface area (Å²) in [6.45, 7) is 11.7. The predicted molar refractivity (Wildman–Crippen MR) is 71.9 cm³/mol. The first-order valence-electron chi connectivity index (χ1n) is 6.41. The molecular formula is C15H24FN. The lowest BCUT2D eigenvalue weighted by Gasteiger charge is -2.23. The molecule has 0 saturated carbocycles. The quantitative estimate of drug-likeness (QED) is 0.819. The standard InChI is InChI=1S/C15H24FN/c1-10(2)17-9-12(4)13(5)15-8-14(16)7-6-11(15)3/h6-8,10,12-13,17H,9H2,1-5H3. The lowest BCUT2D eigenvalue weighted by Crippen LogP contribution is -2.30. The van der Waals surface area contributed by atoms with Crippen LogP contribution in [0.4, 0.5) is 4.39 Å². The molecule has 0 aliphatic carbocycles. The molecule has 96 valence electrons. The lowest BCUT2D eigenvalue weighted by molar-refractivity contribution is 0.424. The highest BCUT2D eigenvalue weighted by atomic mass is 19.1. The van der Waals surface area contributed by atoms with Gasteiger partial charge in [-0.15, -0.1) is 0 Å². The van der Waals surface area contributed by atoms with Crippen molar-refractivity contribution < 1.29 is 4.39 Å². The fourth-order valence-electron chi connectivity index (χ4n) is 2.01. The van der Waals surface area contributed by atoms with Crippen LogP contribution in [0.3, 0.4) is 0 Å². The average Bonchev–Trinajstić information content (AvgIpc) is 2.28. The second-order valence-electron chi connectivity index (χ2n) is 5.33. The molecular weight excluding hydrogens is 213 g/mol. The summed E-state index contributed by atoms with van der Waals surface area (Å²) in [5, 5.41) is 3.44. The van der Waals surface area contributed by atoms with Crippen LogP contribution in [0.5, 0.6) is 0 Å². The van der Waals surface area contributed by atoms with Crippen LogP contribution in [0.2, 0.25) is 0 Å². The van der Waals surface area contributed by atoms with Crippen LogP contribution in [0.15, 0.2) is 18.2 Å². The monoisotopic (exact) mass is 237 g/mol. The van der Waals surface area contributed by atoms with Crippen molar-refractivity contribution in [2.24, 2.45) is 5.92 Å². The molecule has 0 radical (unpaired) electrons. The van der Waals surface area contributed by atoms with Gasteiger partial charge in [0.25, 0.3) is 0 Å². The van der Waals surface area contributed by atoms with Crippen LogP contribution in [-0.2, 0) is 0 Å². The zero-order valence-corrected chi connectivity index (χ0v) is 11.5. The summed E-state index contributed by atoms with van der Waals surface area (Å²) in [6, 6.07) is 5.57. The molecule has 17 heavy (non-hydrogen) atoms. The third-order valence-corrected chi connectivity index (χ3v) is 3.43. The van der Waals surface area contributed by atoms with Crippen LogP contribution in [0, 0.1) is 18.7 Å². The minimum Gasteiger partial charge on any atom is -0.314 e. The van der Waals surface area contributed by atoms with E-state index in [0.717, 1.165) is 12.1 Å². The highest BCUT2D eigenvalue weighted by molar-refractivity contribution is 5.30. The van der Waals surface area contributed by atoms with Gasteiger partial charge in [0.15, 0.2) is 0 Å². The number of nitrogens with one attached hydrogen (secondary N) is 1. The maximum atomic E-state index is 13.3. The molecule has 0 aromatic heterocycles. The molecule has 2 atom stereocenters. The van der Waals surface area contributed by atoms with Gasteiger partial charge in [-0.1, -0.05) is 33.8 Å². The molecule has 1 N–H and O–H groups in total. The van der Waals surface area contributed by atoms with E-state index in [4.69, 9.17) is 0 Å². The second kappa shape index (κ2) is 6.15. The highest BCUT2D eigenvalue weighted by Crippen LogP contribution is 2.27. The van der Waals surface area contributed by atoms with Crippen molar-refractivity contribution in [2.75, 3.05) is 6.54 Å². The van der Waals surface area contributed by atoms with Gasteiger partial charge in [0.05, 0.1) is 0 Å². The summed E-state index contributed by atoms with van der Waals surface area (Å²) in [5.41, 5.74) is 2.30. The van der Waals surface area contributed by atoms with E-state index < -0.39 is 0 Å². The van der Waals surface area contributed by atoms with Gasteiger partial charge in [0, 0.05) is 6.04 Å². The number of halogens is 1. The smallest absolute Gasteiger partial charge is 0.123 e. The first-order valence-corrected chi connectivity index (χ1v) is 6.41. The average molecular weight is 237 g/mol. The summed E-state index contributed by atoms with van der Waals surface area (Å²) in [4.78, 5) is 0. The van der Waals surface area contributed by atoms with Crippen LogP contribution >= 0.6 is 0 Å². The van der Waals surface area contributed by atoms with E-state index >= 15 is 0 Å². The van der Waals surface area contributed by atoms with Gasteiger partial charge < -0.3 is 5.32 Å². The SMILES string of the molecule is Cc1ccc(F)cc1C(C)C(C)CNC(C)C. The first-order chi connectivity index (χ1) is 7.91. The van der Waals surface area contributed by atoms with E-state index in [1.807, 2.05) is 13.0 Å². The van der Waals surface area contributed by atoms with Gasteiger partial charge >= 0.3 is 0 Å². The zero-order valence-electron chi connectivity index (χ0n) is 11.5. The van der Waals surface area contributed by atoms with Crippen molar-refractivity contribution in [3.63, 3.8) is 0 Å². The molecule has 1 aromatic rings. The maximum Gasteiger partial charge on any atom is 0.123 e. The molecule has 0 aliphatic heterocycles. The number of aryl methyl sites for hydroxylation is 1. The lowest BCUT2D eigenvalue weighted by atomic mass is 9.86. The summed E-state index contributed by atoms with van der Waals surface area (Å²) < 4.78 is 13.3. The molecule has 1 aromatic carbocycles. The number of benzene rings is 1. The Hall–Kier alpha value is -0.890. The van der Waals surface area contributed by atoms with Crippen LogP contribution in [0.1, 0.15) is 44.7 Å². The Morgan fingerprint density at radius 1 is 1.18 bits per heavy atom. The summed E-state index contributed by atoms with van der Waals surface area (Å²) >= 11 is 0. The Morgan fingerprint density at radius 2 is 1.82 bits per heavy atom. The van der Waals surface area contributed by atoms with Crippen LogP contribution < -0.4 is 5.32 Å². The van der Waals surface area contributed by atoms with Gasteiger partial charge in [0.1, 0.15) is 5.82 Å². The van der Waals surface area contributed by atoms with Crippen molar-refractivity contribution >= 4 is 0 Å². The van der Waals surface area contributed by atoms with Crippen LogP contribution in [0.25, 0.3) is 0 Å². The number of hydrogen-bond acceptors (Lipinski definition) is 1. The molecule has 0 fully saturated rings. The van der Waals surface area contributed by atoms with E-state index in [2.05, 4.69) is 33.0 Å². The van der Waals surface area contributed by atoms with Crippen molar-refractivity contribution in [3.05, 3.63) is 35.1 Å². The van der Waals surface area contributed by atoms with E-state index in [0.29, 0.717) is 17.9 Å². The minimum atomic E-state index is -0.138. The van der Waals surface area contributed by atoms with Gasteiger partial charge in [-0.25, -0.2) is 4.39 Å². The third kappa shape index (κ3) is 4.12. The summed E-state index contributed by atoms with van der Waals surface area (Å²) in [6.07, 6.45) is 0. The molecule has 1 rings (SSSR count). The van der Waals surface area contributed by atoms with E-state index in [-0.39, 0.29) is 5.82 Å². The molecule has 0 aliphatic rings. The van der Waals surface area contributed by atoms with Crippen LogP contribution in [-0.4, -0.2) is 12.6 Å². The van der Waals surface area contributed by atoms with Gasteiger partial charge in [-0.05, 0) is 48.6 Å². The molecule has 0 amide bonds. The largest absolute Gasteiger partial charge is 0.314 e. The Kier molecular flexibility index (Phi) is 5.13. The molecule has 0 heterocycles. The van der Waals surface area contributed by atoms with E-state index in [1.54, 1.807) is 6.07 Å². The predicted octanol–water partition coefficient (Wildman–Crippen LogP) is 3.87. The number of rotatable bonds is 5. The summed E-state index contributed by atoms with van der Waals surface area (Å²) in [5.74, 6) is 0.733.